The second-order valence-corrected chi connectivity index (χ2v) is 5.29. The minimum absolute atomic E-state index is 0.138. The van der Waals surface area contributed by atoms with E-state index in [4.69, 9.17) is 10.2 Å². The Labute approximate surface area is 101 Å². The van der Waals surface area contributed by atoms with Gasteiger partial charge >= 0.3 is 0 Å². The zero-order chi connectivity index (χ0) is 12.6. The molecule has 0 amide bonds. The molecule has 0 aliphatic rings. The van der Waals surface area contributed by atoms with Crippen molar-refractivity contribution in [2.45, 2.75) is 33.1 Å². The number of aryl methyl sites for hydroxylation is 1. The zero-order valence-corrected chi connectivity index (χ0v) is 10.6. The van der Waals surface area contributed by atoms with Crippen LogP contribution in [0.4, 0.5) is 5.69 Å². The van der Waals surface area contributed by atoms with Gasteiger partial charge in [0, 0.05) is 16.7 Å². The van der Waals surface area contributed by atoms with Gasteiger partial charge in [0.1, 0.15) is 0 Å². The highest BCUT2D eigenvalue weighted by molar-refractivity contribution is 5.61. The molecule has 4 nitrogen and oxygen atoms in total. The number of nitrogen functional groups attached to an aromatic ring is 1. The van der Waals surface area contributed by atoms with Gasteiger partial charge in [-0.15, -0.1) is 10.2 Å². The molecule has 0 atom stereocenters. The van der Waals surface area contributed by atoms with Gasteiger partial charge in [-0.25, -0.2) is 0 Å². The molecular weight excluding hydrogens is 214 g/mol. The molecule has 0 radical (unpaired) electrons. The van der Waals surface area contributed by atoms with Crippen LogP contribution in [0.15, 0.2) is 22.6 Å². The smallest absolute Gasteiger partial charge is 0.247 e. The van der Waals surface area contributed by atoms with Gasteiger partial charge in [0.05, 0.1) is 0 Å². The maximum atomic E-state index is 5.80. The molecule has 0 aliphatic heterocycles. The predicted molar refractivity (Wildman–Crippen MR) is 67.6 cm³/mol. The van der Waals surface area contributed by atoms with Crippen molar-refractivity contribution >= 4 is 5.69 Å². The monoisotopic (exact) mass is 231 g/mol. The summed E-state index contributed by atoms with van der Waals surface area (Å²) >= 11 is 0. The van der Waals surface area contributed by atoms with E-state index in [0.717, 1.165) is 11.1 Å². The van der Waals surface area contributed by atoms with E-state index in [1.807, 2.05) is 45.9 Å². The third-order valence-electron chi connectivity index (χ3n) is 2.41. The van der Waals surface area contributed by atoms with E-state index in [2.05, 4.69) is 10.2 Å². The van der Waals surface area contributed by atoms with Crippen LogP contribution >= 0.6 is 0 Å². The molecule has 0 fully saturated rings. The lowest BCUT2D eigenvalue weighted by Crippen LogP contribution is -2.11. The molecule has 4 heteroatoms. The number of hydrogen-bond donors (Lipinski definition) is 1. The summed E-state index contributed by atoms with van der Waals surface area (Å²) in [5.74, 6) is 1.15. The van der Waals surface area contributed by atoms with Gasteiger partial charge in [-0.2, -0.15) is 0 Å². The van der Waals surface area contributed by atoms with Crippen molar-refractivity contribution in [2.75, 3.05) is 5.73 Å². The fourth-order valence-corrected chi connectivity index (χ4v) is 1.58. The topological polar surface area (TPSA) is 64.9 Å². The molecule has 0 spiro atoms. The second-order valence-electron chi connectivity index (χ2n) is 5.29. The van der Waals surface area contributed by atoms with Gasteiger partial charge < -0.3 is 10.2 Å². The third-order valence-corrected chi connectivity index (χ3v) is 2.41. The van der Waals surface area contributed by atoms with Crippen molar-refractivity contribution in [2.24, 2.45) is 0 Å². The van der Waals surface area contributed by atoms with Crippen LogP contribution in [0.5, 0.6) is 0 Å². The first kappa shape index (κ1) is 11.6. The maximum Gasteiger partial charge on any atom is 0.247 e. The summed E-state index contributed by atoms with van der Waals surface area (Å²) in [7, 11) is 0. The van der Waals surface area contributed by atoms with Crippen LogP contribution in [0.1, 0.15) is 32.2 Å². The Kier molecular flexibility index (Phi) is 2.65. The number of hydrogen-bond acceptors (Lipinski definition) is 4. The average molecular weight is 231 g/mol. The number of aromatic nitrogens is 2. The highest BCUT2D eigenvalue weighted by Crippen LogP contribution is 2.26. The molecule has 2 rings (SSSR count). The maximum absolute atomic E-state index is 5.80. The van der Waals surface area contributed by atoms with Crippen LogP contribution in [-0.4, -0.2) is 10.2 Å². The molecule has 1 aromatic carbocycles. The van der Waals surface area contributed by atoms with Crippen LogP contribution in [0.3, 0.4) is 0 Å². The van der Waals surface area contributed by atoms with Gasteiger partial charge in [0.25, 0.3) is 0 Å². The fourth-order valence-electron chi connectivity index (χ4n) is 1.58. The number of nitrogens with two attached hydrogens (primary N) is 1. The molecule has 17 heavy (non-hydrogen) atoms. The molecule has 0 saturated heterocycles. The van der Waals surface area contributed by atoms with Crippen molar-refractivity contribution in [3.05, 3.63) is 29.7 Å². The van der Waals surface area contributed by atoms with Crippen molar-refractivity contribution < 1.29 is 4.42 Å². The average Bonchev–Trinajstić information content (AvgIpc) is 2.63. The lowest BCUT2D eigenvalue weighted by atomic mass is 9.97. The predicted octanol–water partition coefficient (Wildman–Crippen LogP) is 2.92. The van der Waals surface area contributed by atoms with Gasteiger partial charge in [-0.05, 0) is 30.7 Å². The highest BCUT2D eigenvalue weighted by atomic mass is 16.4. The molecule has 90 valence electrons. The van der Waals surface area contributed by atoms with E-state index in [0.29, 0.717) is 17.5 Å². The summed E-state index contributed by atoms with van der Waals surface area (Å²) in [6.07, 6.45) is 0. The Morgan fingerprint density at radius 2 is 1.82 bits per heavy atom. The van der Waals surface area contributed by atoms with Gasteiger partial charge in [-0.3, -0.25) is 0 Å². The van der Waals surface area contributed by atoms with Crippen LogP contribution < -0.4 is 5.73 Å². The standard InChI is InChI=1S/C13H17N3O/c1-8-5-9(7-10(14)6-8)11-15-16-12(17-11)13(2,3)4/h5-7H,14H2,1-4H3. The van der Waals surface area contributed by atoms with Crippen LogP contribution in [-0.2, 0) is 5.41 Å². The van der Waals surface area contributed by atoms with E-state index in [-0.39, 0.29) is 5.41 Å². The lowest BCUT2D eigenvalue weighted by Gasteiger charge is -2.11. The summed E-state index contributed by atoms with van der Waals surface area (Å²) in [5, 5.41) is 8.13. The van der Waals surface area contributed by atoms with Crippen LogP contribution in [0.25, 0.3) is 11.5 Å². The Morgan fingerprint density at radius 3 is 2.35 bits per heavy atom. The van der Waals surface area contributed by atoms with E-state index < -0.39 is 0 Å². The molecule has 1 aromatic heterocycles. The Morgan fingerprint density at radius 1 is 1.12 bits per heavy atom. The molecular formula is C13H17N3O. The SMILES string of the molecule is Cc1cc(N)cc(-c2nnc(C(C)(C)C)o2)c1. The normalized spacial score (nSPS) is 11.8. The second kappa shape index (κ2) is 3.87. The zero-order valence-electron chi connectivity index (χ0n) is 10.6. The van der Waals surface area contributed by atoms with Crippen LogP contribution in [0, 0.1) is 6.92 Å². The van der Waals surface area contributed by atoms with Crippen LogP contribution in [0.2, 0.25) is 0 Å². The Balaban J connectivity index is 2.44. The quantitative estimate of drug-likeness (QED) is 0.766. The van der Waals surface area contributed by atoms with Gasteiger partial charge in [-0.1, -0.05) is 20.8 Å². The fraction of sp³-hybridized carbons (Fsp3) is 0.385. The van der Waals surface area contributed by atoms with Gasteiger partial charge in [0.2, 0.25) is 11.8 Å². The number of nitrogens with zero attached hydrogens (tertiary/aromatic N) is 2. The van der Waals surface area contributed by atoms with Crippen molar-refractivity contribution in [1.29, 1.82) is 0 Å². The molecule has 2 N–H and O–H groups in total. The minimum atomic E-state index is -0.138. The van der Waals surface area contributed by atoms with Crippen molar-refractivity contribution in [1.82, 2.24) is 10.2 Å². The first-order chi connectivity index (χ1) is 7.86. The van der Waals surface area contributed by atoms with Crippen molar-refractivity contribution in [3.8, 4) is 11.5 Å². The first-order valence-electron chi connectivity index (χ1n) is 5.58. The molecule has 2 aromatic rings. The number of rotatable bonds is 1. The van der Waals surface area contributed by atoms with Gasteiger partial charge in [0.15, 0.2) is 0 Å². The third kappa shape index (κ3) is 2.46. The Bertz CT molecular complexity index is 518. The van der Waals surface area contributed by atoms with Crippen molar-refractivity contribution in [3.63, 3.8) is 0 Å². The molecule has 0 aliphatic carbocycles. The number of benzene rings is 1. The summed E-state index contributed by atoms with van der Waals surface area (Å²) in [5.41, 5.74) is 8.31. The highest BCUT2D eigenvalue weighted by Gasteiger charge is 2.21. The molecule has 0 bridgehead atoms. The van der Waals surface area contributed by atoms with E-state index >= 15 is 0 Å². The van der Waals surface area contributed by atoms with E-state index in [9.17, 15) is 0 Å². The molecule has 0 unspecified atom stereocenters. The first-order valence-corrected chi connectivity index (χ1v) is 5.58. The Hall–Kier alpha value is -1.84. The van der Waals surface area contributed by atoms with E-state index in [1.54, 1.807) is 0 Å². The summed E-state index contributed by atoms with van der Waals surface area (Å²) in [6, 6.07) is 5.73. The lowest BCUT2D eigenvalue weighted by molar-refractivity contribution is 0.399. The number of anilines is 1. The summed E-state index contributed by atoms with van der Waals surface area (Å²) in [6.45, 7) is 8.10. The molecule has 0 saturated carbocycles. The van der Waals surface area contributed by atoms with E-state index in [1.165, 1.54) is 0 Å². The summed E-state index contributed by atoms with van der Waals surface area (Å²) in [4.78, 5) is 0. The minimum Gasteiger partial charge on any atom is -0.420 e. The summed E-state index contributed by atoms with van der Waals surface area (Å²) < 4.78 is 5.67. The molecule has 1 heterocycles. The largest absolute Gasteiger partial charge is 0.420 e.